The van der Waals surface area contributed by atoms with E-state index >= 15 is 0 Å². The van der Waals surface area contributed by atoms with E-state index in [9.17, 15) is 4.79 Å². The van der Waals surface area contributed by atoms with Crippen molar-refractivity contribution in [3.8, 4) is 0 Å². The topological polar surface area (TPSA) is 59.2 Å². The number of ketones is 1. The van der Waals surface area contributed by atoms with Gasteiger partial charge in [-0.1, -0.05) is 18.0 Å². The monoisotopic (exact) mass is 295 g/mol. The molecule has 6 heteroatoms. The lowest BCUT2D eigenvalue weighted by molar-refractivity contribution is -0.122. The van der Waals surface area contributed by atoms with Crippen LogP contribution in [0.25, 0.3) is 0 Å². The van der Waals surface area contributed by atoms with Gasteiger partial charge in [0.25, 0.3) is 0 Å². The van der Waals surface area contributed by atoms with E-state index in [1.165, 1.54) is 12.8 Å². The van der Waals surface area contributed by atoms with Crippen LogP contribution in [0.2, 0.25) is 0 Å². The van der Waals surface area contributed by atoms with E-state index in [4.69, 9.17) is 4.52 Å². The van der Waals surface area contributed by atoms with Crippen molar-refractivity contribution in [3.05, 3.63) is 11.7 Å². The predicted molar refractivity (Wildman–Crippen MR) is 77.7 cm³/mol. The molecule has 1 unspecified atom stereocenters. The van der Waals surface area contributed by atoms with E-state index in [0.29, 0.717) is 12.3 Å². The zero-order valence-corrected chi connectivity index (χ0v) is 12.7. The molecule has 2 fully saturated rings. The average molecular weight is 295 g/mol. The Bertz CT molecular complexity index is 471. The minimum Gasteiger partial charge on any atom is -0.339 e. The lowest BCUT2D eigenvalue weighted by atomic mass is 10.0. The Labute approximate surface area is 123 Å². The number of nitrogens with zero attached hydrogens (tertiary/aromatic N) is 3. The number of thioether (sulfide) groups is 1. The molecule has 1 aromatic heterocycles. The molecule has 3 rings (SSSR count). The van der Waals surface area contributed by atoms with Gasteiger partial charge in [-0.25, -0.2) is 0 Å². The van der Waals surface area contributed by atoms with Crippen molar-refractivity contribution in [2.75, 3.05) is 25.1 Å². The molecule has 1 aliphatic heterocycles. The molecule has 20 heavy (non-hydrogen) atoms. The van der Waals surface area contributed by atoms with Gasteiger partial charge in [0.15, 0.2) is 5.82 Å². The Morgan fingerprint density at radius 2 is 2.25 bits per heavy atom. The highest BCUT2D eigenvalue weighted by Gasteiger charge is 2.28. The van der Waals surface area contributed by atoms with Crippen LogP contribution < -0.4 is 0 Å². The summed E-state index contributed by atoms with van der Waals surface area (Å²) in [5, 5.41) is 4.08. The quantitative estimate of drug-likeness (QED) is 0.847. The summed E-state index contributed by atoms with van der Waals surface area (Å²) in [4.78, 5) is 18.8. The third kappa shape index (κ3) is 3.06. The van der Waals surface area contributed by atoms with E-state index in [0.717, 1.165) is 36.7 Å². The van der Waals surface area contributed by atoms with E-state index in [1.54, 1.807) is 0 Å². The number of rotatable bonds is 4. The molecule has 1 saturated heterocycles. The average Bonchev–Trinajstić information content (AvgIpc) is 3.10. The molecule has 0 aromatic carbocycles. The summed E-state index contributed by atoms with van der Waals surface area (Å²) in [6.07, 6.45) is 4.72. The summed E-state index contributed by atoms with van der Waals surface area (Å²) in [5.41, 5.74) is 0. The van der Waals surface area contributed by atoms with Gasteiger partial charge in [-0.15, -0.1) is 0 Å². The maximum atomic E-state index is 12.1. The fourth-order valence-electron chi connectivity index (χ4n) is 2.97. The minimum absolute atomic E-state index is 0.216. The molecule has 0 amide bonds. The molecule has 0 N–H and O–H groups in total. The van der Waals surface area contributed by atoms with E-state index in [1.807, 2.05) is 11.8 Å². The van der Waals surface area contributed by atoms with E-state index in [-0.39, 0.29) is 17.7 Å². The molecular formula is C14H21N3O2S. The number of carbonyl (C=O) groups excluding carboxylic acids is 1. The van der Waals surface area contributed by atoms with Crippen LogP contribution in [0, 0.1) is 5.92 Å². The Morgan fingerprint density at radius 1 is 1.45 bits per heavy atom. The number of carbonyl (C=O) groups is 1. The molecule has 0 bridgehead atoms. The van der Waals surface area contributed by atoms with Crippen LogP contribution in [0.15, 0.2) is 4.52 Å². The third-order valence-corrected chi connectivity index (χ3v) is 5.34. The third-order valence-electron chi connectivity index (χ3n) is 4.31. The summed E-state index contributed by atoms with van der Waals surface area (Å²) < 4.78 is 5.28. The second kappa shape index (κ2) is 6.26. The van der Waals surface area contributed by atoms with Crippen molar-refractivity contribution in [2.24, 2.45) is 5.92 Å². The summed E-state index contributed by atoms with van der Waals surface area (Å²) in [6, 6.07) is 0.216. The molecule has 1 atom stereocenters. The number of Topliss-reactive ketones (excluding diaryl/α,β-unsaturated/α-hetero) is 1. The highest BCUT2D eigenvalue weighted by molar-refractivity contribution is 7.99. The van der Waals surface area contributed by atoms with Gasteiger partial charge in [0.05, 0.1) is 12.5 Å². The fraction of sp³-hybridized carbons (Fsp3) is 0.786. The maximum absolute atomic E-state index is 12.1. The Hall–Kier alpha value is -0.880. The van der Waals surface area contributed by atoms with E-state index in [2.05, 4.69) is 22.1 Å². The first-order valence-corrected chi connectivity index (χ1v) is 8.52. The normalized spacial score (nSPS) is 25.1. The van der Waals surface area contributed by atoms with Gasteiger partial charge in [0, 0.05) is 24.0 Å². The minimum atomic E-state index is 0.216. The smallest absolute Gasteiger partial charge is 0.234 e. The van der Waals surface area contributed by atoms with Crippen LogP contribution in [-0.2, 0) is 11.2 Å². The van der Waals surface area contributed by atoms with Gasteiger partial charge >= 0.3 is 0 Å². The zero-order chi connectivity index (χ0) is 13.9. The molecule has 1 aliphatic carbocycles. The van der Waals surface area contributed by atoms with Gasteiger partial charge < -0.3 is 4.52 Å². The fourth-order valence-corrected chi connectivity index (χ4v) is 4.19. The van der Waals surface area contributed by atoms with Crippen LogP contribution in [0.1, 0.15) is 43.4 Å². The number of aromatic nitrogens is 2. The van der Waals surface area contributed by atoms with Crippen LogP contribution in [0.3, 0.4) is 0 Å². The van der Waals surface area contributed by atoms with Crippen molar-refractivity contribution in [1.29, 1.82) is 0 Å². The molecule has 1 aromatic rings. The first-order valence-electron chi connectivity index (χ1n) is 7.37. The molecule has 110 valence electrons. The highest BCUT2D eigenvalue weighted by atomic mass is 32.2. The van der Waals surface area contributed by atoms with Gasteiger partial charge in [-0.2, -0.15) is 16.7 Å². The van der Waals surface area contributed by atoms with Gasteiger partial charge in [-0.05, 0) is 19.9 Å². The van der Waals surface area contributed by atoms with Crippen molar-refractivity contribution in [1.82, 2.24) is 15.0 Å². The van der Waals surface area contributed by atoms with Crippen molar-refractivity contribution < 1.29 is 9.32 Å². The molecule has 5 nitrogen and oxygen atoms in total. The largest absolute Gasteiger partial charge is 0.339 e. The zero-order valence-electron chi connectivity index (χ0n) is 11.9. The molecular weight excluding hydrogens is 274 g/mol. The molecule has 2 heterocycles. The van der Waals surface area contributed by atoms with Crippen LogP contribution in [-0.4, -0.2) is 45.9 Å². The Morgan fingerprint density at radius 3 is 3.00 bits per heavy atom. The summed E-state index contributed by atoms with van der Waals surface area (Å²) in [5.74, 6) is 3.85. The molecule has 0 radical (unpaired) electrons. The highest BCUT2D eigenvalue weighted by Crippen LogP contribution is 2.28. The van der Waals surface area contributed by atoms with Crippen LogP contribution >= 0.6 is 11.8 Å². The van der Waals surface area contributed by atoms with Crippen LogP contribution in [0.4, 0.5) is 0 Å². The lowest BCUT2D eigenvalue weighted by Crippen LogP contribution is -2.33. The second-order valence-electron chi connectivity index (χ2n) is 5.74. The lowest BCUT2D eigenvalue weighted by Gasteiger charge is -2.29. The molecule has 0 spiro atoms. The first kappa shape index (κ1) is 14.1. The number of hydrogen-bond acceptors (Lipinski definition) is 6. The first-order chi connectivity index (χ1) is 9.74. The summed E-state index contributed by atoms with van der Waals surface area (Å²) in [7, 11) is 2.09. The second-order valence-corrected chi connectivity index (χ2v) is 6.89. The summed E-state index contributed by atoms with van der Waals surface area (Å²) >= 11 is 1.91. The van der Waals surface area contributed by atoms with Gasteiger partial charge in [-0.3, -0.25) is 9.69 Å². The van der Waals surface area contributed by atoms with Gasteiger partial charge in [0.1, 0.15) is 5.78 Å². The summed E-state index contributed by atoms with van der Waals surface area (Å²) in [6.45, 7) is 1.04. The van der Waals surface area contributed by atoms with Gasteiger partial charge in [0.2, 0.25) is 5.89 Å². The Balaban J connectivity index is 1.62. The van der Waals surface area contributed by atoms with Crippen molar-refractivity contribution >= 4 is 17.5 Å². The standard InChI is InChI=1S/C14H21N3O2S/c1-17-6-7-20-9-11(17)14-15-13(19-16-14)8-12(18)10-4-2-3-5-10/h10-11H,2-9H2,1H3. The van der Waals surface area contributed by atoms with Crippen LogP contribution in [0.5, 0.6) is 0 Å². The Kier molecular flexibility index (Phi) is 4.41. The van der Waals surface area contributed by atoms with Crippen molar-refractivity contribution in [2.45, 2.75) is 38.1 Å². The SMILES string of the molecule is CN1CCSCC1c1noc(CC(=O)C2CCCC2)n1. The van der Waals surface area contributed by atoms with Crippen molar-refractivity contribution in [3.63, 3.8) is 0 Å². The molecule has 1 saturated carbocycles. The number of hydrogen-bond donors (Lipinski definition) is 0. The van der Waals surface area contributed by atoms with E-state index < -0.39 is 0 Å². The maximum Gasteiger partial charge on any atom is 0.234 e. The molecule has 2 aliphatic rings. The predicted octanol–water partition coefficient (Wildman–Crippen LogP) is 2.09.